The Kier molecular flexibility index (Phi) is 6.81. The van der Waals surface area contributed by atoms with Gasteiger partial charge >= 0.3 is 0 Å². The van der Waals surface area contributed by atoms with Crippen molar-refractivity contribution in [2.24, 2.45) is 0 Å². The molecule has 0 spiro atoms. The monoisotopic (exact) mass is 240 g/mol. The summed E-state index contributed by atoms with van der Waals surface area (Å²) in [5, 5.41) is 27.5. The van der Waals surface area contributed by atoms with Crippen molar-refractivity contribution in [3.05, 3.63) is 35.9 Å². The van der Waals surface area contributed by atoms with Crippen LogP contribution in [0.1, 0.15) is 18.4 Å². The Labute approximate surface area is 101 Å². The van der Waals surface area contributed by atoms with E-state index in [1.54, 1.807) is 0 Å². The van der Waals surface area contributed by atoms with E-state index in [-0.39, 0.29) is 26.1 Å². The highest BCUT2D eigenvalue weighted by Crippen LogP contribution is 2.05. The predicted octanol–water partition coefficient (Wildman–Crippen LogP) is 0.697. The Bertz CT molecular complexity index is 289. The molecule has 0 bridgehead atoms. The Balaban J connectivity index is 2.14. The first kappa shape index (κ1) is 14.1. The molecule has 0 aliphatic carbocycles. The van der Waals surface area contributed by atoms with Gasteiger partial charge in [-0.05, 0) is 12.0 Å². The molecule has 0 amide bonds. The van der Waals surface area contributed by atoms with E-state index < -0.39 is 12.2 Å². The minimum Gasteiger partial charge on any atom is -0.396 e. The van der Waals surface area contributed by atoms with Crippen LogP contribution in [0.3, 0.4) is 0 Å². The third-order valence-electron chi connectivity index (χ3n) is 2.43. The normalized spacial score (nSPS) is 14.5. The molecular formula is C13H20O4. The first-order chi connectivity index (χ1) is 8.22. The summed E-state index contributed by atoms with van der Waals surface area (Å²) in [5.74, 6) is 0. The summed E-state index contributed by atoms with van der Waals surface area (Å²) >= 11 is 0. The molecule has 1 aromatic carbocycles. The van der Waals surface area contributed by atoms with E-state index in [4.69, 9.17) is 9.84 Å². The summed E-state index contributed by atoms with van der Waals surface area (Å²) in [6.45, 7) is 0.574. The van der Waals surface area contributed by atoms with Gasteiger partial charge in [0.15, 0.2) is 0 Å². The van der Waals surface area contributed by atoms with Gasteiger partial charge in [0.05, 0.1) is 25.4 Å². The summed E-state index contributed by atoms with van der Waals surface area (Å²) < 4.78 is 5.34. The Morgan fingerprint density at radius 2 is 1.76 bits per heavy atom. The van der Waals surface area contributed by atoms with Crippen LogP contribution in [0.15, 0.2) is 30.3 Å². The van der Waals surface area contributed by atoms with Crippen molar-refractivity contribution in [1.82, 2.24) is 0 Å². The molecular weight excluding hydrogens is 220 g/mol. The molecule has 1 aromatic rings. The SMILES string of the molecule is OCC[C@H](O)C[C@H](O)COCc1ccccc1. The smallest absolute Gasteiger partial charge is 0.0798 e. The zero-order chi connectivity index (χ0) is 12.5. The fraction of sp³-hybridized carbons (Fsp3) is 0.538. The maximum atomic E-state index is 9.56. The van der Waals surface area contributed by atoms with Crippen molar-refractivity contribution in [3.8, 4) is 0 Å². The summed E-state index contributed by atoms with van der Waals surface area (Å²) in [4.78, 5) is 0. The molecule has 2 atom stereocenters. The van der Waals surface area contributed by atoms with E-state index in [1.807, 2.05) is 30.3 Å². The Morgan fingerprint density at radius 3 is 2.41 bits per heavy atom. The van der Waals surface area contributed by atoms with Crippen LogP contribution in [0.4, 0.5) is 0 Å². The number of hydrogen-bond acceptors (Lipinski definition) is 4. The van der Waals surface area contributed by atoms with Crippen molar-refractivity contribution in [2.45, 2.75) is 31.7 Å². The third kappa shape index (κ3) is 6.38. The standard InChI is InChI=1S/C13H20O4/c14-7-6-12(15)8-13(16)10-17-9-11-4-2-1-3-5-11/h1-5,12-16H,6-10H2/t12-,13-/m0/s1. The van der Waals surface area contributed by atoms with Gasteiger partial charge in [-0.15, -0.1) is 0 Å². The second-order valence-corrected chi connectivity index (χ2v) is 4.06. The lowest BCUT2D eigenvalue weighted by Crippen LogP contribution is -2.23. The topological polar surface area (TPSA) is 69.9 Å². The van der Waals surface area contributed by atoms with E-state index in [9.17, 15) is 10.2 Å². The van der Waals surface area contributed by atoms with Gasteiger partial charge in [0.1, 0.15) is 0 Å². The summed E-state index contributed by atoms with van der Waals surface area (Å²) in [6, 6.07) is 9.70. The minimum atomic E-state index is -0.694. The molecule has 3 N–H and O–H groups in total. The molecule has 0 fully saturated rings. The molecule has 0 aliphatic rings. The summed E-state index contributed by atoms with van der Waals surface area (Å²) in [7, 11) is 0. The van der Waals surface area contributed by atoms with Crippen LogP contribution in [0.25, 0.3) is 0 Å². The quantitative estimate of drug-likeness (QED) is 0.625. The molecule has 0 aromatic heterocycles. The highest BCUT2D eigenvalue weighted by Gasteiger charge is 2.11. The number of hydrogen-bond donors (Lipinski definition) is 3. The Morgan fingerprint density at radius 1 is 1.06 bits per heavy atom. The van der Waals surface area contributed by atoms with Crippen molar-refractivity contribution >= 4 is 0 Å². The third-order valence-corrected chi connectivity index (χ3v) is 2.43. The summed E-state index contributed by atoms with van der Waals surface area (Å²) in [6.07, 6.45) is -0.846. The zero-order valence-corrected chi connectivity index (χ0v) is 9.83. The van der Waals surface area contributed by atoms with Crippen LogP contribution >= 0.6 is 0 Å². The van der Waals surface area contributed by atoms with Gasteiger partial charge in [0, 0.05) is 13.0 Å². The lowest BCUT2D eigenvalue weighted by atomic mass is 10.1. The van der Waals surface area contributed by atoms with Gasteiger partial charge in [-0.2, -0.15) is 0 Å². The zero-order valence-electron chi connectivity index (χ0n) is 9.83. The van der Waals surface area contributed by atoms with Gasteiger partial charge in [-0.1, -0.05) is 30.3 Å². The molecule has 0 heterocycles. The van der Waals surface area contributed by atoms with Gasteiger partial charge in [0.25, 0.3) is 0 Å². The lowest BCUT2D eigenvalue weighted by Gasteiger charge is -2.15. The first-order valence-corrected chi connectivity index (χ1v) is 5.81. The van der Waals surface area contributed by atoms with E-state index in [1.165, 1.54) is 0 Å². The molecule has 0 aliphatic heterocycles. The van der Waals surface area contributed by atoms with Gasteiger partial charge in [-0.25, -0.2) is 0 Å². The van der Waals surface area contributed by atoms with Crippen LogP contribution in [-0.4, -0.2) is 40.7 Å². The van der Waals surface area contributed by atoms with Crippen molar-refractivity contribution in [1.29, 1.82) is 0 Å². The predicted molar refractivity (Wildman–Crippen MR) is 64.4 cm³/mol. The molecule has 1 rings (SSSR count). The van der Waals surface area contributed by atoms with Crippen LogP contribution in [-0.2, 0) is 11.3 Å². The average Bonchev–Trinajstić information content (AvgIpc) is 2.30. The van der Waals surface area contributed by atoms with Gasteiger partial charge in [0.2, 0.25) is 0 Å². The second kappa shape index (κ2) is 8.20. The van der Waals surface area contributed by atoms with E-state index >= 15 is 0 Å². The van der Waals surface area contributed by atoms with Crippen LogP contribution in [0.2, 0.25) is 0 Å². The second-order valence-electron chi connectivity index (χ2n) is 4.06. The van der Waals surface area contributed by atoms with Crippen molar-refractivity contribution < 1.29 is 20.1 Å². The number of benzene rings is 1. The average molecular weight is 240 g/mol. The van der Waals surface area contributed by atoms with E-state index in [0.29, 0.717) is 6.61 Å². The van der Waals surface area contributed by atoms with E-state index in [2.05, 4.69) is 0 Å². The summed E-state index contributed by atoms with van der Waals surface area (Å²) in [5.41, 5.74) is 1.05. The van der Waals surface area contributed by atoms with Crippen LogP contribution in [0, 0.1) is 0 Å². The molecule has 0 unspecified atom stereocenters. The fourth-order valence-corrected chi connectivity index (χ4v) is 1.54. The number of ether oxygens (including phenoxy) is 1. The minimum absolute atomic E-state index is 0.0707. The molecule has 4 nitrogen and oxygen atoms in total. The molecule has 0 radical (unpaired) electrons. The maximum absolute atomic E-state index is 9.56. The Hall–Kier alpha value is -0.940. The number of aliphatic hydroxyl groups excluding tert-OH is 3. The van der Waals surface area contributed by atoms with Crippen LogP contribution < -0.4 is 0 Å². The van der Waals surface area contributed by atoms with Crippen molar-refractivity contribution in [3.63, 3.8) is 0 Å². The molecule has 0 saturated carbocycles. The number of rotatable bonds is 8. The lowest BCUT2D eigenvalue weighted by molar-refractivity contribution is -0.00304. The largest absolute Gasteiger partial charge is 0.396 e. The molecule has 0 saturated heterocycles. The maximum Gasteiger partial charge on any atom is 0.0798 e. The first-order valence-electron chi connectivity index (χ1n) is 5.81. The van der Waals surface area contributed by atoms with Gasteiger partial charge < -0.3 is 20.1 Å². The highest BCUT2D eigenvalue weighted by molar-refractivity contribution is 5.13. The van der Waals surface area contributed by atoms with Crippen molar-refractivity contribution in [2.75, 3.05) is 13.2 Å². The number of aliphatic hydroxyl groups is 3. The molecule has 17 heavy (non-hydrogen) atoms. The van der Waals surface area contributed by atoms with Crippen LogP contribution in [0.5, 0.6) is 0 Å². The fourth-order valence-electron chi connectivity index (χ4n) is 1.54. The van der Waals surface area contributed by atoms with E-state index in [0.717, 1.165) is 5.56 Å². The molecule has 4 heteroatoms. The highest BCUT2D eigenvalue weighted by atomic mass is 16.5. The van der Waals surface area contributed by atoms with Gasteiger partial charge in [-0.3, -0.25) is 0 Å². The molecule has 96 valence electrons.